The van der Waals surface area contributed by atoms with Gasteiger partial charge in [-0.2, -0.15) is 0 Å². The molecule has 0 radical (unpaired) electrons. The zero-order valence-electron chi connectivity index (χ0n) is 11.6. The van der Waals surface area contributed by atoms with Crippen molar-refractivity contribution in [1.29, 1.82) is 0 Å². The normalized spacial score (nSPS) is 9.90. The molecule has 2 aromatic rings. The summed E-state index contributed by atoms with van der Waals surface area (Å²) in [6, 6.07) is 8.61. The molecule has 0 bridgehead atoms. The molecule has 21 heavy (non-hydrogen) atoms. The summed E-state index contributed by atoms with van der Waals surface area (Å²) in [5, 5.41) is 0. The third-order valence-electron chi connectivity index (χ3n) is 2.93. The molecule has 2 rings (SSSR count). The summed E-state index contributed by atoms with van der Waals surface area (Å²) in [5.41, 5.74) is 7.40. The minimum absolute atomic E-state index is 0.180. The van der Waals surface area contributed by atoms with Crippen LogP contribution in [0.2, 0.25) is 0 Å². The van der Waals surface area contributed by atoms with Gasteiger partial charge in [0.05, 0.1) is 6.54 Å². The van der Waals surface area contributed by atoms with Crippen LogP contribution in [0.4, 0.5) is 8.78 Å². The van der Waals surface area contributed by atoms with Gasteiger partial charge in [0, 0.05) is 17.2 Å². The van der Waals surface area contributed by atoms with E-state index in [1.54, 1.807) is 12.1 Å². The number of nitrogens with two attached hydrogens (primary N) is 1. The minimum atomic E-state index is -0.373. The van der Waals surface area contributed by atoms with E-state index in [-0.39, 0.29) is 24.8 Å². The average molecular weight is 287 g/mol. The van der Waals surface area contributed by atoms with E-state index in [4.69, 9.17) is 10.5 Å². The molecule has 0 saturated heterocycles. The lowest BCUT2D eigenvalue weighted by atomic mass is 10.1. The quantitative estimate of drug-likeness (QED) is 0.880. The van der Waals surface area contributed by atoms with Gasteiger partial charge in [0.2, 0.25) is 0 Å². The Bertz CT molecular complexity index is 702. The van der Waals surface area contributed by atoms with Gasteiger partial charge < -0.3 is 10.5 Å². The lowest BCUT2D eigenvalue weighted by Gasteiger charge is -2.10. The molecule has 0 aliphatic carbocycles. The molecule has 0 unspecified atom stereocenters. The summed E-state index contributed by atoms with van der Waals surface area (Å²) in [4.78, 5) is 0. The smallest absolute Gasteiger partial charge is 0.126 e. The highest BCUT2D eigenvalue weighted by Crippen LogP contribution is 2.21. The molecule has 2 nitrogen and oxygen atoms in total. The van der Waals surface area contributed by atoms with Gasteiger partial charge in [-0.1, -0.05) is 24.0 Å². The molecule has 0 fully saturated rings. The lowest BCUT2D eigenvalue weighted by Crippen LogP contribution is -2.01. The van der Waals surface area contributed by atoms with Crippen LogP contribution in [-0.4, -0.2) is 6.54 Å². The fourth-order valence-corrected chi connectivity index (χ4v) is 1.82. The molecule has 4 heteroatoms. The number of hydrogen-bond donors (Lipinski definition) is 1. The maximum Gasteiger partial charge on any atom is 0.126 e. The van der Waals surface area contributed by atoms with Crippen LogP contribution in [0.5, 0.6) is 5.75 Å². The Kier molecular flexibility index (Phi) is 4.91. The zero-order chi connectivity index (χ0) is 15.2. The first-order chi connectivity index (χ1) is 10.1. The highest BCUT2D eigenvalue weighted by molar-refractivity contribution is 5.42. The van der Waals surface area contributed by atoms with Crippen LogP contribution in [0.1, 0.15) is 16.7 Å². The van der Waals surface area contributed by atoms with Crippen LogP contribution in [-0.2, 0) is 6.61 Å². The van der Waals surface area contributed by atoms with Crippen LogP contribution >= 0.6 is 0 Å². The first kappa shape index (κ1) is 15.0. The van der Waals surface area contributed by atoms with E-state index in [0.717, 1.165) is 11.1 Å². The molecule has 0 amide bonds. The van der Waals surface area contributed by atoms with Crippen molar-refractivity contribution in [3.05, 3.63) is 64.7 Å². The third kappa shape index (κ3) is 4.04. The fourth-order valence-electron chi connectivity index (χ4n) is 1.82. The van der Waals surface area contributed by atoms with Crippen molar-refractivity contribution in [1.82, 2.24) is 0 Å². The molecule has 0 aliphatic rings. The maximum absolute atomic E-state index is 13.3. The van der Waals surface area contributed by atoms with Crippen molar-refractivity contribution in [3.63, 3.8) is 0 Å². The Morgan fingerprint density at radius 1 is 1.10 bits per heavy atom. The van der Waals surface area contributed by atoms with E-state index < -0.39 is 0 Å². The van der Waals surface area contributed by atoms with Crippen LogP contribution in [0.25, 0.3) is 0 Å². The molecule has 0 heterocycles. The molecule has 0 aliphatic heterocycles. The van der Waals surface area contributed by atoms with Crippen molar-refractivity contribution < 1.29 is 13.5 Å². The molecule has 108 valence electrons. The highest BCUT2D eigenvalue weighted by atomic mass is 19.1. The molecule has 0 spiro atoms. The lowest BCUT2D eigenvalue weighted by molar-refractivity contribution is 0.302. The van der Waals surface area contributed by atoms with Crippen LogP contribution in [0.3, 0.4) is 0 Å². The van der Waals surface area contributed by atoms with Crippen molar-refractivity contribution in [2.24, 2.45) is 5.73 Å². The number of halogens is 2. The zero-order valence-corrected chi connectivity index (χ0v) is 11.6. The molecule has 2 N–H and O–H groups in total. The SMILES string of the molecule is Cc1ccc(F)cc1OCc1ccc(F)cc1C#CCN. The number of benzene rings is 2. The Morgan fingerprint density at radius 3 is 2.57 bits per heavy atom. The van der Waals surface area contributed by atoms with E-state index >= 15 is 0 Å². The van der Waals surface area contributed by atoms with E-state index in [1.165, 1.54) is 24.3 Å². The summed E-state index contributed by atoms with van der Waals surface area (Å²) in [5.74, 6) is 5.21. The van der Waals surface area contributed by atoms with Gasteiger partial charge in [-0.05, 0) is 30.7 Å². The largest absolute Gasteiger partial charge is 0.488 e. The van der Waals surface area contributed by atoms with Gasteiger partial charge >= 0.3 is 0 Å². The highest BCUT2D eigenvalue weighted by Gasteiger charge is 2.06. The number of aryl methyl sites for hydroxylation is 1. The fraction of sp³-hybridized carbons (Fsp3) is 0.176. The topological polar surface area (TPSA) is 35.2 Å². The molecule has 0 saturated carbocycles. The standard InChI is InChI=1S/C17H15F2NO/c1-12-4-6-16(19)10-17(12)21-11-14-5-7-15(18)9-13(14)3-2-8-20/h4-7,9-10H,8,11,20H2,1H3. The maximum atomic E-state index is 13.3. The van der Waals surface area contributed by atoms with Crippen LogP contribution in [0.15, 0.2) is 36.4 Å². The van der Waals surface area contributed by atoms with Crippen molar-refractivity contribution >= 4 is 0 Å². The molecular formula is C17H15F2NO. The van der Waals surface area contributed by atoms with E-state index in [9.17, 15) is 8.78 Å². The first-order valence-corrected chi connectivity index (χ1v) is 6.46. The summed E-state index contributed by atoms with van der Waals surface area (Å²) < 4.78 is 32.1. The van der Waals surface area contributed by atoms with Crippen molar-refractivity contribution in [2.75, 3.05) is 6.54 Å². The molecule has 0 atom stereocenters. The predicted molar refractivity (Wildman–Crippen MR) is 77.8 cm³/mol. The Morgan fingerprint density at radius 2 is 1.81 bits per heavy atom. The van der Waals surface area contributed by atoms with Gasteiger partial charge in [0.25, 0.3) is 0 Å². The third-order valence-corrected chi connectivity index (χ3v) is 2.93. The Labute approximate surface area is 122 Å². The van der Waals surface area contributed by atoms with Gasteiger partial charge in [-0.3, -0.25) is 0 Å². The average Bonchev–Trinajstić information content (AvgIpc) is 2.47. The second-order valence-corrected chi connectivity index (χ2v) is 4.51. The number of rotatable bonds is 3. The van der Waals surface area contributed by atoms with Gasteiger partial charge in [0.1, 0.15) is 24.0 Å². The summed E-state index contributed by atoms with van der Waals surface area (Å²) in [6.45, 7) is 2.20. The second kappa shape index (κ2) is 6.87. The molecular weight excluding hydrogens is 272 g/mol. The summed E-state index contributed by atoms with van der Waals surface area (Å²) in [7, 11) is 0. The summed E-state index contributed by atoms with van der Waals surface area (Å²) in [6.07, 6.45) is 0. The molecule has 0 aromatic heterocycles. The van der Waals surface area contributed by atoms with Crippen LogP contribution in [0, 0.1) is 30.4 Å². The second-order valence-electron chi connectivity index (χ2n) is 4.51. The molecule has 2 aromatic carbocycles. The van der Waals surface area contributed by atoms with Gasteiger partial charge in [-0.25, -0.2) is 8.78 Å². The summed E-state index contributed by atoms with van der Waals surface area (Å²) >= 11 is 0. The number of ether oxygens (including phenoxy) is 1. The van der Waals surface area contributed by atoms with Crippen LogP contribution < -0.4 is 10.5 Å². The Balaban J connectivity index is 2.21. The monoisotopic (exact) mass is 287 g/mol. The van der Waals surface area contributed by atoms with Crippen molar-refractivity contribution in [3.8, 4) is 17.6 Å². The predicted octanol–water partition coefficient (Wildman–Crippen LogP) is 3.16. The number of hydrogen-bond acceptors (Lipinski definition) is 2. The van der Waals surface area contributed by atoms with E-state index in [1.807, 2.05) is 6.92 Å². The minimum Gasteiger partial charge on any atom is -0.488 e. The van der Waals surface area contributed by atoms with Gasteiger partial charge in [-0.15, -0.1) is 0 Å². The first-order valence-electron chi connectivity index (χ1n) is 6.46. The van der Waals surface area contributed by atoms with Crippen molar-refractivity contribution in [2.45, 2.75) is 13.5 Å². The van der Waals surface area contributed by atoms with E-state index in [0.29, 0.717) is 11.3 Å². The van der Waals surface area contributed by atoms with Gasteiger partial charge in [0.15, 0.2) is 0 Å². The van der Waals surface area contributed by atoms with E-state index in [2.05, 4.69) is 11.8 Å². The Hall–Kier alpha value is -2.38.